The summed E-state index contributed by atoms with van der Waals surface area (Å²) < 4.78 is 4.72. The highest BCUT2D eigenvalue weighted by molar-refractivity contribution is 5.78. The van der Waals surface area contributed by atoms with Gasteiger partial charge in [-0.3, -0.25) is 4.79 Å². The van der Waals surface area contributed by atoms with Gasteiger partial charge in [-0.05, 0) is 12.0 Å². The maximum Gasteiger partial charge on any atom is 0.313 e. The molecule has 0 bridgehead atoms. The zero-order valence-electron chi connectivity index (χ0n) is 8.64. The molecular weight excluding hydrogens is 190 g/mol. The number of carbonyl (C=O) groups excluding carboxylic acids is 1. The summed E-state index contributed by atoms with van der Waals surface area (Å²) in [5.74, 6) is -0.604. The molecule has 0 heterocycles. The SMILES string of the molecule is COC(=O)C(CCC#N)c1ccccc1. The number of rotatable bonds is 4. The van der Waals surface area contributed by atoms with Crippen molar-refractivity contribution in [3.05, 3.63) is 35.9 Å². The van der Waals surface area contributed by atoms with Crippen LogP contribution < -0.4 is 0 Å². The normalized spacial score (nSPS) is 11.5. The van der Waals surface area contributed by atoms with Gasteiger partial charge in [-0.1, -0.05) is 30.3 Å². The van der Waals surface area contributed by atoms with E-state index in [1.807, 2.05) is 36.4 Å². The van der Waals surface area contributed by atoms with Crippen LogP contribution >= 0.6 is 0 Å². The van der Waals surface area contributed by atoms with Crippen LogP contribution in [0.1, 0.15) is 24.3 Å². The van der Waals surface area contributed by atoms with Gasteiger partial charge in [0, 0.05) is 6.42 Å². The highest BCUT2D eigenvalue weighted by atomic mass is 16.5. The van der Waals surface area contributed by atoms with E-state index in [1.165, 1.54) is 7.11 Å². The number of hydrogen-bond donors (Lipinski definition) is 0. The molecular formula is C12H13NO2. The van der Waals surface area contributed by atoms with Gasteiger partial charge in [-0.25, -0.2) is 0 Å². The van der Waals surface area contributed by atoms with Gasteiger partial charge in [-0.15, -0.1) is 0 Å². The van der Waals surface area contributed by atoms with Gasteiger partial charge in [0.2, 0.25) is 0 Å². The van der Waals surface area contributed by atoms with Crippen molar-refractivity contribution in [2.75, 3.05) is 7.11 Å². The standard InChI is InChI=1S/C12H13NO2/c1-15-12(14)11(8-5-9-13)10-6-3-2-4-7-10/h2-4,6-7,11H,5,8H2,1H3. The monoisotopic (exact) mass is 203 g/mol. The van der Waals surface area contributed by atoms with Crippen LogP contribution in [0.3, 0.4) is 0 Å². The minimum atomic E-state index is -0.323. The molecule has 1 atom stereocenters. The summed E-state index contributed by atoms with van der Waals surface area (Å²) >= 11 is 0. The zero-order chi connectivity index (χ0) is 11.1. The van der Waals surface area contributed by atoms with E-state index >= 15 is 0 Å². The van der Waals surface area contributed by atoms with Gasteiger partial charge in [0.25, 0.3) is 0 Å². The molecule has 0 N–H and O–H groups in total. The highest BCUT2D eigenvalue weighted by Crippen LogP contribution is 2.22. The Bertz CT molecular complexity index is 354. The molecule has 0 saturated heterocycles. The van der Waals surface area contributed by atoms with Crippen LogP contribution in [-0.2, 0) is 9.53 Å². The van der Waals surface area contributed by atoms with Crippen molar-refractivity contribution in [1.82, 2.24) is 0 Å². The lowest BCUT2D eigenvalue weighted by molar-refractivity contribution is -0.142. The lowest BCUT2D eigenvalue weighted by Crippen LogP contribution is -2.14. The van der Waals surface area contributed by atoms with Crippen molar-refractivity contribution in [3.8, 4) is 6.07 Å². The van der Waals surface area contributed by atoms with Crippen molar-refractivity contribution in [1.29, 1.82) is 5.26 Å². The van der Waals surface area contributed by atoms with Crippen molar-refractivity contribution >= 4 is 5.97 Å². The van der Waals surface area contributed by atoms with Crippen molar-refractivity contribution in [2.24, 2.45) is 0 Å². The summed E-state index contributed by atoms with van der Waals surface area (Å²) in [4.78, 5) is 11.5. The number of nitrogens with zero attached hydrogens (tertiary/aromatic N) is 1. The third-order valence-electron chi connectivity index (χ3n) is 2.23. The Labute approximate surface area is 89.3 Å². The highest BCUT2D eigenvalue weighted by Gasteiger charge is 2.20. The first-order chi connectivity index (χ1) is 7.29. The second-order valence-electron chi connectivity index (χ2n) is 3.18. The second kappa shape index (κ2) is 5.82. The smallest absolute Gasteiger partial charge is 0.313 e. The van der Waals surface area contributed by atoms with Crippen molar-refractivity contribution in [2.45, 2.75) is 18.8 Å². The molecule has 0 spiro atoms. The van der Waals surface area contributed by atoms with E-state index in [4.69, 9.17) is 10.00 Å². The van der Waals surface area contributed by atoms with E-state index in [0.29, 0.717) is 12.8 Å². The molecule has 3 heteroatoms. The molecule has 0 aliphatic heterocycles. The first-order valence-electron chi connectivity index (χ1n) is 4.79. The van der Waals surface area contributed by atoms with Gasteiger partial charge in [-0.2, -0.15) is 5.26 Å². The first-order valence-corrected chi connectivity index (χ1v) is 4.79. The fourth-order valence-electron chi connectivity index (χ4n) is 1.46. The number of hydrogen-bond acceptors (Lipinski definition) is 3. The van der Waals surface area contributed by atoms with E-state index in [9.17, 15) is 4.79 Å². The molecule has 0 amide bonds. The maximum atomic E-state index is 11.5. The molecule has 0 aliphatic carbocycles. The Balaban J connectivity index is 2.82. The molecule has 15 heavy (non-hydrogen) atoms. The van der Waals surface area contributed by atoms with E-state index < -0.39 is 0 Å². The van der Waals surface area contributed by atoms with Gasteiger partial charge in [0.1, 0.15) is 0 Å². The molecule has 1 aromatic rings. The number of esters is 1. The van der Waals surface area contributed by atoms with E-state index in [2.05, 4.69) is 0 Å². The van der Waals surface area contributed by atoms with Gasteiger partial charge in [0.15, 0.2) is 0 Å². The summed E-state index contributed by atoms with van der Waals surface area (Å²) in [5.41, 5.74) is 0.902. The summed E-state index contributed by atoms with van der Waals surface area (Å²) in [6.45, 7) is 0. The van der Waals surface area contributed by atoms with Crippen LogP contribution in [-0.4, -0.2) is 13.1 Å². The third kappa shape index (κ3) is 3.10. The largest absolute Gasteiger partial charge is 0.469 e. The molecule has 0 saturated carbocycles. The minimum absolute atomic E-state index is 0.281. The molecule has 3 nitrogen and oxygen atoms in total. The minimum Gasteiger partial charge on any atom is -0.469 e. The van der Waals surface area contributed by atoms with Gasteiger partial charge >= 0.3 is 5.97 Å². The van der Waals surface area contributed by atoms with Crippen LogP contribution in [0.4, 0.5) is 0 Å². The molecule has 1 unspecified atom stereocenters. The summed E-state index contributed by atoms with van der Waals surface area (Å²) in [6.07, 6.45) is 0.863. The van der Waals surface area contributed by atoms with Crippen molar-refractivity contribution in [3.63, 3.8) is 0 Å². The lowest BCUT2D eigenvalue weighted by atomic mass is 9.95. The zero-order valence-corrected chi connectivity index (χ0v) is 8.64. The van der Waals surface area contributed by atoms with E-state index in [0.717, 1.165) is 5.56 Å². The quantitative estimate of drug-likeness (QED) is 0.705. The Kier molecular flexibility index (Phi) is 4.36. The van der Waals surface area contributed by atoms with Crippen LogP contribution in [0.15, 0.2) is 30.3 Å². The first kappa shape index (κ1) is 11.3. The van der Waals surface area contributed by atoms with Crippen LogP contribution in [0.2, 0.25) is 0 Å². The van der Waals surface area contributed by atoms with E-state index in [-0.39, 0.29) is 11.9 Å². The van der Waals surface area contributed by atoms with Crippen LogP contribution in [0, 0.1) is 11.3 Å². The third-order valence-corrected chi connectivity index (χ3v) is 2.23. The lowest BCUT2D eigenvalue weighted by Gasteiger charge is -2.12. The summed E-state index contributed by atoms with van der Waals surface area (Å²) in [6, 6.07) is 11.4. The fourth-order valence-corrected chi connectivity index (χ4v) is 1.46. The Hall–Kier alpha value is -1.82. The molecule has 1 aromatic carbocycles. The van der Waals surface area contributed by atoms with Crippen LogP contribution in [0.25, 0.3) is 0 Å². The fraction of sp³-hybridized carbons (Fsp3) is 0.333. The van der Waals surface area contributed by atoms with E-state index in [1.54, 1.807) is 0 Å². The molecule has 0 fully saturated rings. The molecule has 1 rings (SSSR count). The predicted octanol–water partition coefficient (Wildman–Crippen LogP) is 2.25. The summed E-state index contributed by atoms with van der Waals surface area (Å²) in [7, 11) is 1.37. The van der Waals surface area contributed by atoms with Crippen molar-refractivity contribution < 1.29 is 9.53 Å². The number of benzene rings is 1. The number of carbonyl (C=O) groups is 1. The Morgan fingerprint density at radius 1 is 1.47 bits per heavy atom. The molecule has 0 aliphatic rings. The van der Waals surface area contributed by atoms with Crippen LogP contribution in [0.5, 0.6) is 0 Å². The second-order valence-corrected chi connectivity index (χ2v) is 3.18. The topological polar surface area (TPSA) is 50.1 Å². The average molecular weight is 203 g/mol. The number of methoxy groups -OCH3 is 1. The Morgan fingerprint density at radius 2 is 2.13 bits per heavy atom. The maximum absolute atomic E-state index is 11.5. The number of nitriles is 1. The van der Waals surface area contributed by atoms with Gasteiger partial charge in [0.05, 0.1) is 19.1 Å². The Morgan fingerprint density at radius 3 is 2.67 bits per heavy atom. The molecule has 0 aromatic heterocycles. The average Bonchev–Trinajstić information content (AvgIpc) is 2.30. The number of ether oxygens (including phenoxy) is 1. The predicted molar refractivity (Wildman–Crippen MR) is 56.0 cm³/mol. The molecule has 78 valence electrons. The van der Waals surface area contributed by atoms with Gasteiger partial charge < -0.3 is 4.74 Å². The molecule has 0 radical (unpaired) electrons. The summed E-state index contributed by atoms with van der Waals surface area (Å²) in [5, 5.41) is 8.51.